The number of hydrogen-bond acceptors (Lipinski definition) is 7. The van der Waals surface area contributed by atoms with Crippen molar-refractivity contribution in [1.29, 1.82) is 0 Å². The van der Waals surface area contributed by atoms with Gasteiger partial charge < -0.3 is 14.2 Å². The average molecular weight is 565 g/mol. The molecule has 1 aliphatic rings. The number of methoxy groups -OCH3 is 1. The Morgan fingerprint density at radius 1 is 1.24 bits per heavy atom. The van der Waals surface area contributed by atoms with Gasteiger partial charge in [-0.2, -0.15) is 0 Å². The van der Waals surface area contributed by atoms with Gasteiger partial charge in [-0.05, 0) is 71.1 Å². The van der Waals surface area contributed by atoms with Gasteiger partial charge in [0.15, 0.2) is 11.5 Å². The summed E-state index contributed by atoms with van der Waals surface area (Å²) in [5.74, 6) is 0.718. The van der Waals surface area contributed by atoms with E-state index in [1.54, 1.807) is 6.08 Å². The number of carbonyl (C=O) groups is 2. The normalized spacial score (nSPS) is 14.6. The summed E-state index contributed by atoms with van der Waals surface area (Å²) in [4.78, 5) is 26.3. The summed E-state index contributed by atoms with van der Waals surface area (Å²) in [5, 5.41) is 0. The van der Waals surface area contributed by atoms with Gasteiger partial charge in [-0.25, -0.2) is 0 Å². The van der Waals surface area contributed by atoms with Crippen LogP contribution in [0.15, 0.2) is 45.8 Å². The van der Waals surface area contributed by atoms with Gasteiger partial charge in [-0.3, -0.25) is 14.5 Å². The quantitative estimate of drug-likeness (QED) is 0.203. The van der Waals surface area contributed by atoms with Crippen molar-refractivity contribution in [3.63, 3.8) is 0 Å². The van der Waals surface area contributed by atoms with Crippen molar-refractivity contribution >= 4 is 62.2 Å². The molecular formula is C25H26BrNO5S2. The fraction of sp³-hybridized carbons (Fsp3) is 0.320. The van der Waals surface area contributed by atoms with Gasteiger partial charge in [-0.1, -0.05) is 48.2 Å². The molecule has 1 saturated heterocycles. The highest BCUT2D eigenvalue weighted by atomic mass is 79.9. The van der Waals surface area contributed by atoms with Crippen LogP contribution in [0, 0.1) is 6.92 Å². The number of thiocarbonyl (C=S) groups is 1. The first-order chi connectivity index (χ1) is 16.3. The molecule has 9 heteroatoms. The van der Waals surface area contributed by atoms with E-state index in [9.17, 15) is 9.59 Å². The number of nitrogens with zero attached hydrogens (tertiary/aromatic N) is 1. The fourth-order valence-corrected chi connectivity index (χ4v) is 5.21. The van der Waals surface area contributed by atoms with Crippen LogP contribution < -0.4 is 9.47 Å². The minimum absolute atomic E-state index is 0.172. The topological polar surface area (TPSA) is 65.1 Å². The second-order valence-electron chi connectivity index (χ2n) is 7.49. The lowest BCUT2D eigenvalue weighted by Crippen LogP contribution is -2.29. The van der Waals surface area contributed by atoms with Gasteiger partial charge in [0.05, 0.1) is 23.1 Å². The minimum Gasteiger partial charge on any atom is -0.490 e. The van der Waals surface area contributed by atoms with Crippen LogP contribution in [0.1, 0.15) is 36.5 Å². The zero-order valence-corrected chi connectivity index (χ0v) is 22.5. The monoisotopic (exact) mass is 563 g/mol. The van der Waals surface area contributed by atoms with Crippen molar-refractivity contribution in [3.05, 3.63) is 62.5 Å². The molecule has 2 aromatic rings. The molecule has 1 amide bonds. The van der Waals surface area contributed by atoms with Crippen LogP contribution in [0.2, 0.25) is 0 Å². The molecule has 0 N–H and O–H groups in total. The highest BCUT2D eigenvalue weighted by molar-refractivity contribution is 9.10. The number of amides is 1. The Bertz CT molecular complexity index is 1120. The molecule has 2 aromatic carbocycles. The Morgan fingerprint density at radius 2 is 2.00 bits per heavy atom. The summed E-state index contributed by atoms with van der Waals surface area (Å²) in [5.41, 5.74) is 3.03. The number of hydrogen-bond donors (Lipinski definition) is 0. The summed E-state index contributed by atoms with van der Waals surface area (Å²) in [6.07, 6.45) is 2.51. The number of aryl methyl sites for hydroxylation is 1. The molecule has 1 fully saturated rings. The summed E-state index contributed by atoms with van der Waals surface area (Å²) in [6.45, 7) is 5.21. The molecule has 6 nitrogen and oxygen atoms in total. The molecule has 3 rings (SSSR count). The van der Waals surface area contributed by atoms with Gasteiger partial charge in [0.25, 0.3) is 5.91 Å². The predicted octanol–water partition coefficient (Wildman–Crippen LogP) is 5.89. The number of rotatable bonds is 10. The third-order valence-corrected chi connectivity index (χ3v) is 7.09. The number of ether oxygens (including phenoxy) is 3. The van der Waals surface area contributed by atoms with Crippen molar-refractivity contribution in [2.45, 2.75) is 33.3 Å². The van der Waals surface area contributed by atoms with E-state index >= 15 is 0 Å². The van der Waals surface area contributed by atoms with E-state index in [-0.39, 0.29) is 18.3 Å². The summed E-state index contributed by atoms with van der Waals surface area (Å²) in [7, 11) is 1.35. The summed E-state index contributed by atoms with van der Waals surface area (Å²) < 4.78 is 17.8. The average Bonchev–Trinajstić information content (AvgIpc) is 3.07. The van der Waals surface area contributed by atoms with Crippen LogP contribution in [-0.2, 0) is 20.9 Å². The molecule has 0 spiro atoms. The third kappa shape index (κ3) is 6.61. The molecule has 34 heavy (non-hydrogen) atoms. The lowest BCUT2D eigenvalue weighted by Gasteiger charge is -2.16. The Balaban J connectivity index is 1.78. The van der Waals surface area contributed by atoms with Gasteiger partial charge in [0.2, 0.25) is 0 Å². The number of esters is 1. The van der Waals surface area contributed by atoms with E-state index in [4.69, 9.17) is 21.7 Å². The maximum atomic E-state index is 12.9. The molecule has 1 aliphatic heterocycles. The molecular weight excluding hydrogens is 538 g/mol. The largest absolute Gasteiger partial charge is 0.490 e. The van der Waals surface area contributed by atoms with Crippen LogP contribution in [0.25, 0.3) is 6.08 Å². The first-order valence-corrected chi connectivity index (χ1v) is 12.8. The van der Waals surface area contributed by atoms with Crippen molar-refractivity contribution in [2.24, 2.45) is 0 Å². The molecule has 1 heterocycles. The van der Waals surface area contributed by atoms with Crippen LogP contribution in [0.3, 0.4) is 0 Å². The lowest BCUT2D eigenvalue weighted by molar-refractivity contribution is -0.141. The standard InChI is InChI=1S/C25H26BrNO5S2/c1-4-31-20-13-17(12-19(26)23(20)32-15-18-9-6-5-8-16(18)2)14-21-24(29)27(25(33)34-21)11-7-10-22(28)30-3/h5-6,8-9,12-14H,4,7,10-11,15H2,1-3H3/b21-14-. The smallest absolute Gasteiger partial charge is 0.305 e. The van der Waals surface area contributed by atoms with E-state index in [0.29, 0.717) is 46.9 Å². The molecule has 180 valence electrons. The maximum absolute atomic E-state index is 12.9. The van der Waals surface area contributed by atoms with Crippen LogP contribution in [-0.4, -0.2) is 41.4 Å². The van der Waals surface area contributed by atoms with Crippen molar-refractivity contribution in [3.8, 4) is 11.5 Å². The first-order valence-electron chi connectivity index (χ1n) is 10.8. The molecule has 0 radical (unpaired) electrons. The fourth-order valence-electron chi connectivity index (χ4n) is 3.32. The van der Waals surface area contributed by atoms with E-state index in [0.717, 1.165) is 21.2 Å². The number of halogens is 1. The van der Waals surface area contributed by atoms with Crippen molar-refractivity contribution in [1.82, 2.24) is 4.90 Å². The molecule has 0 unspecified atom stereocenters. The van der Waals surface area contributed by atoms with Crippen molar-refractivity contribution < 1.29 is 23.8 Å². The lowest BCUT2D eigenvalue weighted by atomic mass is 10.1. The van der Waals surface area contributed by atoms with Gasteiger partial charge in [-0.15, -0.1) is 0 Å². The van der Waals surface area contributed by atoms with E-state index in [2.05, 4.69) is 20.7 Å². The zero-order chi connectivity index (χ0) is 24.7. The van der Waals surface area contributed by atoms with Crippen LogP contribution in [0.4, 0.5) is 0 Å². The number of thioether (sulfide) groups is 1. The predicted molar refractivity (Wildman–Crippen MR) is 142 cm³/mol. The van der Waals surface area contributed by atoms with Crippen LogP contribution in [0.5, 0.6) is 11.5 Å². The highest BCUT2D eigenvalue weighted by Crippen LogP contribution is 2.40. The Kier molecular flexibility index (Phi) is 9.55. The second kappa shape index (κ2) is 12.4. The van der Waals surface area contributed by atoms with Gasteiger partial charge in [0.1, 0.15) is 10.9 Å². The van der Waals surface area contributed by atoms with E-state index in [1.165, 1.54) is 23.8 Å². The Hall–Kier alpha value is -2.36. The second-order valence-corrected chi connectivity index (χ2v) is 10.0. The summed E-state index contributed by atoms with van der Waals surface area (Å²) in [6, 6.07) is 11.8. The van der Waals surface area contributed by atoms with Gasteiger partial charge >= 0.3 is 5.97 Å². The Morgan fingerprint density at radius 3 is 2.71 bits per heavy atom. The van der Waals surface area contributed by atoms with Crippen molar-refractivity contribution in [2.75, 3.05) is 20.3 Å². The molecule has 0 bridgehead atoms. The number of carbonyl (C=O) groups excluding carboxylic acids is 2. The summed E-state index contributed by atoms with van der Waals surface area (Å²) >= 11 is 10.2. The Labute approximate surface area is 217 Å². The first kappa shape index (κ1) is 26.2. The zero-order valence-electron chi connectivity index (χ0n) is 19.3. The molecule has 0 saturated carbocycles. The third-order valence-electron chi connectivity index (χ3n) is 5.13. The molecule has 0 aliphatic carbocycles. The van der Waals surface area contributed by atoms with E-state index in [1.807, 2.05) is 50.2 Å². The van der Waals surface area contributed by atoms with E-state index < -0.39 is 0 Å². The van der Waals surface area contributed by atoms with Crippen LogP contribution >= 0.6 is 39.9 Å². The SMILES string of the molecule is CCOc1cc(/C=C2\SC(=S)N(CCCC(=O)OC)C2=O)cc(Br)c1OCc1ccccc1C. The maximum Gasteiger partial charge on any atom is 0.305 e. The van der Waals surface area contributed by atoms with Gasteiger partial charge in [0, 0.05) is 13.0 Å². The minimum atomic E-state index is -0.306. The number of benzene rings is 2. The highest BCUT2D eigenvalue weighted by Gasteiger charge is 2.31. The molecule has 0 aromatic heterocycles. The molecule has 0 atom stereocenters.